The molecule has 3 rings (SSSR count). The van der Waals surface area contributed by atoms with Crippen LogP contribution in [0.1, 0.15) is 5.56 Å². The lowest BCUT2D eigenvalue weighted by Gasteiger charge is -2.15. The van der Waals surface area contributed by atoms with E-state index in [0.29, 0.717) is 16.9 Å². The fourth-order valence-electron chi connectivity index (χ4n) is 2.53. The maximum Gasteiger partial charge on any atom is 0.274 e. The average molecular weight is 375 g/mol. The SMILES string of the molecule is COc1ccc(Br)c(OC)c1Cn1ncc2ccccc2c1=O. The summed E-state index contributed by atoms with van der Waals surface area (Å²) in [5, 5.41) is 5.72. The van der Waals surface area contributed by atoms with Gasteiger partial charge in [0.05, 0.1) is 42.4 Å². The summed E-state index contributed by atoms with van der Waals surface area (Å²) in [5.74, 6) is 1.28. The molecule has 1 aromatic heterocycles. The van der Waals surface area contributed by atoms with E-state index in [1.807, 2.05) is 30.3 Å². The Bertz CT molecular complexity index is 921. The largest absolute Gasteiger partial charge is 0.496 e. The first-order valence-corrected chi connectivity index (χ1v) is 7.79. The second-order valence-electron chi connectivity index (χ2n) is 4.96. The number of rotatable bonds is 4. The molecule has 0 saturated heterocycles. The molecule has 0 bridgehead atoms. The molecule has 0 aliphatic carbocycles. The van der Waals surface area contributed by atoms with Gasteiger partial charge in [0.2, 0.25) is 0 Å². The van der Waals surface area contributed by atoms with Crippen LogP contribution in [0.15, 0.2) is 51.9 Å². The predicted octanol–water partition coefficient (Wildman–Crippen LogP) is 3.22. The maximum absolute atomic E-state index is 12.6. The van der Waals surface area contributed by atoms with Crippen molar-refractivity contribution in [2.75, 3.05) is 14.2 Å². The summed E-state index contributed by atoms with van der Waals surface area (Å²) >= 11 is 3.45. The lowest BCUT2D eigenvalue weighted by atomic mass is 10.1. The fourth-order valence-corrected chi connectivity index (χ4v) is 3.07. The Balaban J connectivity index is 2.14. The Morgan fingerprint density at radius 1 is 1.13 bits per heavy atom. The van der Waals surface area contributed by atoms with Crippen LogP contribution in [0.3, 0.4) is 0 Å². The number of benzene rings is 2. The van der Waals surface area contributed by atoms with Crippen molar-refractivity contribution in [3.8, 4) is 11.5 Å². The van der Waals surface area contributed by atoms with Crippen molar-refractivity contribution in [2.24, 2.45) is 0 Å². The number of ether oxygens (including phenoxy) is 2. The zero-order valence-electron chi connectivity index (χ0n) is 12.7. The van der Waals surface area contributed by atoms with E-state index in [-0.39, 0.29) is 12.1 Å². The molecule has 6 heteroatoms. The molecule has 0 N–H and O–H groups in total. The molecular formula is C17H15BrN2O3. The number of nitrogens with zero attached hydrogens (tertiary/aromatic N) is 2. The molecule has 0 amide bonds. The maximum atomic E-state index is 12.6. The Hall–Kier alpha value is -2.34. The zero-order chi connectivity index (χ0) is 16.4. The third kappa shape index (κ3) is 2.82. The van der Waals surface area contributed by atoms with Gasteiger partial charge in [0.15, 0.2) is 0 Å². The van der Waals surface area contributed by atoms with E-state index in [1.165, 1.54) is 4.68 Å². The van der Waals surface area contributed by atoms with E-state index in [1.54, 1.807) is 26.5 Å². The minimum atomic E-state index is -0.146. The van der Waals surface area contributed by atoms with Crippen LogP contribution in [0, 0.1) is 0 Å². The molecule has 1 heterocycles. The summed E-state index contributed by atoms with van der Waals surface area (Å²) in [6.07, 6.45) is 1.69. The second-order valence-corrected chi connectivity index (χ2v) is 5.81. The van der Waals surface area contributed by atoms with Gasteiger partial charge in [0.25, 0.3) is 5.56 Å². The number of hydrogen-bond acceptors (Lipinski definition) is 4. The van der Waals surface area contributed by atoms with Crippen molar-refractivity contribution in [3.63, 3.8) is 0 Å². The number of hydrogen-bond donors (Lipinski definition) is 0. The van der Waals surface area contributed by atoms with E-state index in [2.05, 4.69) is 21.0 Å². The van der Waals surface area contributed by atoms with Gasteiger partial charge in [-0.2, -0.15) is 5.10 Å². The highest BCUT2D eigenvalue weighted by atomic mass is 79.9. The van der Waals surface area contributed by atoms with E-state index < -0.39 is 0 Å². The standard InChI is InChI=1S/C17H15BrN2O3/c1-22-15-8-7-14(18)16(23-2)13(15)10-20-17(21)12-6-4-3-5-11(12)9-19-20/h3-9H,10H2,1-2H3. The van der Waals surface area contributed by atoms with E-state index in [4.69, 9.17) is 9.47 Å². The highest BCUT2D eigenvalue weighted by Gasteiger charge is 2.16. The van der Waals surface area contributed by atoms with Gasteiger partial charge in [-0.25, -0.2) is 4.68 Å². The summed E-state index contributed by atoms with van der Waals surface area (Å²) in [5.41, 5.74) is 0.612. The van der Waals surface area contributed by atoms with Gasteiger partial charge in [0.1, 0.15) is 11.5 Å². The van der Waals surface area contributed by atoms with Crippen LogP contribution in [0.25, 0.3) is 10.8 Å². The monoisotopic (exact) mass is 374 g/mol. The topological polar surface area (TPSA) is 53.4 Å². The molecular weight excluding hydrogens is 360 g/mol. The highest BCUT2D eigenvalue weighted by Crippen LogP contribution is 2.35. The fraction of sp³-hybridized carbons (Fsp3) is 0.176. The molecule has 3 aromatic rings. The number of methoxy groups -OCH3 is 2. The van der Waals surface area contributed by atoms with Gasteiger partial charge in [-0.05, 0) is 34.1 Å². The van der Waals surface area contributed by atoms with Crippen molar-refractivity contribution >= 4 is 26.7 Å². The van der Waals surface area contributed by atoms with Crippen LogP contribution < -0.4 is 15.0 Å². The molecule has 0 unspecified atom stereocenters. The van der Waals surface area contributed by atoms with Crippen LogP contribution in [-0.4, -0.2) is 24.0 Å². The molecule has 0 aliphatic rings. The van der Waals surface area contributed by atoms with Crippen LogP contribution in [0.5, 0.6) is 11.5 Å². The molecule has 5 nitrogen and oxygen atoms in total. The third-order valence-electron chi connectivity index (χ3n) is 3.66. The highest BCUT2D eigenvalue weighted by molar-refractivity contribution is 9.10. The average Bonchev–Trinajstić information content (AvgIpc) is 2.58. The molecule has 118 valence electrons. The third-order valence-corrected chi connectivity index (χ3v) is 4.29. The minimum absolute atomic E-state index is 0.146. The minimum Gasteiger partial charge on any atom is -0.496 e. The molecule has 0 fully saturated rings. The van der Waals surface area contributed by atoms with Crippen molar-refractivity contribution in [2.45, 2.75) is 6.54 Å². The summed E-state index contributed by atoms with van der Waals surface area (Å²) in [4.78, 5) is 12.6. The lowest BCUT2D eigenvalue weighted by Crippen LogP contribution is -2.23. The Morgan fingerprint density at radius 3 is 2.65 bits per heavy atom. The first-order valence-electron chi connectivity index (χ1n) is 7.00. The summed E-state index contributed by atoms with van der Waals surface area (Å²) in [6.45, 7) is 0.259. The Morgan fingerprint density at radius 2 is 1.91 bits per heavy atom. The lowest BCUT2D eigenvalue weighted by molar-refractivity contribution is 0.379. The quantitative estimate of drug-likeness (QED) is 0.703. The van der Waals surface area contributed by atoms with Crippen molar-refractivity contribution in [1.29, 1.82) is 0 Å². The molecule has 0 atom stereocenters. The Labute approximate surface area is 141 Å². The van der Waals surface area contributed by atoms with Crippen molar-refractivity contribution in [3.05, 3.63) is 63.0 Å². The van der Waals surface area contributed by atoms with Gasteiger partial charge in [-0.3, -0.25) is 4.79 Å². The van der Waals surface area contributed by atoms with Crippen molar-refractivity contribution in [1.82, 2.24) is 9.78 Å². The summed E-state index contributed by atoms with van der Waals surface area (Å²) < 4.78 is 13.1. The number of fused-ring (bicyclic) bond motifs is 1. The van der Waals surface area contributed by atoms with E-state index >= 15 is 0 Å². The van der Waals surface area contributed by atoms with Crippen LogP contribution in [0.2, 0.25) is 0 Å². The molecule has 0 spiro atoms. The Kier molecular flexibility index (Phi) is 4.34. The molecule has 2 aromatic carbocycles. The summed E-state index contributed by atoms with van der Waals surface area (Å²) in [6, 6.07) is 11.1. The smallest absolute Gasteiger partial charge is 0.274 e. The van der Waals surface area contributed by atoms with Crippen LogP contribution >= 0.6 is 15.9 Å². The van der Waals surface area contributed by atoms with Crippen LogP contribution in [-0.2, 0) is 6.54 Å². The first-order chi connectivity index (χ1) is 11.2. The van der Waals surface area contributed by atoms with Gasteiger partial charge < -0.3 is 9.47 Å². The van der Waals surface area contributed by atoms with E-state index in [0.717, 1.165) is 15.4 Å². The number of aromatic nitrogens is 2. The van der Waals surface area contributed by atoms with Gasteiger partial charge in [0, 0.05) is 5.39 Å². The van der Waals surface area contributed by atoms with Gasteiger partial charge in [-0.1, -0.05) is 18.2 Å². The van der Waals surface area contributed by atoms with E-state index in [9.17, 15) is 4.79 Å². The molecule has 23 heavy (non-hydrogen) atoms. The predicted molar refractivity (Wildman–Crippen MR) is 92.4 cm³/mol. The van der Waals surface area contributed by atoms with Gasteiger partial charge >= 0.3 is 0 Å². The molecule has 0 radical (unpaired) electrons. The summed E-state index contributed by atoms with van der Waals surface area (Å²) in [7, 11) is 3.17. The molecule has 0 saturated carbocycles. The number of halogens is 1. The van der Waals surface area contributed by atoms with Crippen LogP contribution in [0.4, 0.5) is 0 Å². The van der Waals surface area contributed by atoms with Gasteiger partial charge in [-0.15, -0.1) is 0 Å². The second kappa shape index (κ2) is 6.42. The normalized spacial score (nSPS) is 10.7. The first kappa shape index (κ1) is 15.6. The van der Waals surface area contributed by atoms with Crippen molar-refractivity contribution < 1.29 is 9.47 Å². The molecule has 0 aliphatic heterocycles. The zero-order valence-corrected chi connectivity index (χ0v) is 14.3.